The molecule has 0 aromatic heterocycles. The first-order valence-corrected chi connectivity index (χ1v) is 10.6. The van der Waals surface area contributed by atoms with Crippen LogP contribution in [0.25, 0.3) is 0 Å². The quantitative estimate of drug-likeness (QED) is 0.784. The first kappa shape index (κ1) is 21.5. The molecule has 156 valence electrons. The molecule has 1 fully saturated rings. The molecule has 3 nitrogen and oxygen atoms in total. The van der Waals surface area contributed by atoms with Gasteiger partial charge in [0.15, 0.2) is 0 Å². The van der Waals surface area contributed by atoms with Gasteiger partial charge in [0.2, 0.25) is 5.91 Å². The number of hydrogen-bond acceptors (Lipinski definition) is 2. The van der Waals surface area contributed by atoms with E-state index in [1.807, 2.05) is 24.9 Å². The standard InChI is InChI=1S/C25H33FN2O/c1-6-21(19-12-16(2)11-17(3)13-19)25(29)28(5)24-9-10-27-15-23(24)22-8-7-20(26)14-18(22)4/h7-8,11-14,21,23-24,27H,6,9-10,15H2,1-5H3/t21-,23+,24-/m0/s1. The van der Waals surface area contributed by atoms with Gasteiger partial charge in [0, 0.05) is 25.6 Å². The maximum atomic E-state index is 13.6. The summed E-state index contributed by atoms with van der Waals surface area (Å²) in [5.41, 5.74) is 5.56. The second-order valence-electron chi connectivity index (χ2n) is 8.50. The molecule has 2 aromatic rings. The van der Waals surface area contributed by atoms with Gasteiger partial charge in [0.05, 0.1) is 5.92 Å². The molecule has 0 aliphatic carbocycles. The van der Waals surface area contributed by atoms with E-state index >= 15 is 0 Å². The van der Waals surface area contributed by atoms with Crippen molar-refractivity contribution >= 4 is 5.91 Å². The SMILES string of the molecule is CC[C@H](C(=O)N(C)[C@H]1CCNC[C@@H]1c1ccc(F)cc1C)c1cc(C)cc(C)c1. The molecule has 3 atom stereocenters. The Bertz CT molecular complexity index is 859. The normalized spacial score (nSPS) is 20.3. The number of halogens is 1. The minimum atomic E-state index is -0.211. The molecule has 0 radical (unpaired) electrons. The fourth-order valence-electron chi connectivity index (χ4n) is 4.85. The minimum absolute atomic E-state index is 0.105. The van der Waals surface area contributed by atoms with Gasteiger partial charge in [0.25, 0.3) is 0 Å². The Balaban J connectivity index is 1.89. The van der Waals surface area contributed by atoms with Crippen LogP contribution < -0.4 is 5.32 Å². The van der Waals surface area contributed by atoms with Crippen LogP contribution in [0.1, 0.15) is 59.4 Å². The number of benzene rings is 2. The topological polar surface area (TPSA) is 32.3 Å². The first-order chi connectivity index (χ1) is 13.8. The average Bonchev–Trinajstić information content (AvgIpc) is 2.67. The summed E-state index contributed by atoms with van der Waals surface area (Å²) in [7, 11) is 1.94. The summed E-state index contributed by atoms with van der Waals surface area (Å²) in [6.07, 6.45) is 1.67. The predicted molar refractivity (Wildman–Crippen MR) is 117 cm³/mol. The molecule has 1 N–H and O–H groups in total. The molecule has 4 heteroatoms. The number of carbonyl (C=O) groups is 1. The highest BCUT2D eigenvalue weighted by Gasteiger charge is 2.35. The fourth-order valence-corrected chi connectivity index (χ4v) is 4.85. The van der Waals surface area contributed by atoms with Crippen molar-refractivity contribution < 1.29 is 9.18 Å². The van der Waals surface area contributed by atoms with Crippen molar-refractivity contribution in [2.45, 2.75) is 58.4 Å². The predicted octanol–water partition coefficient (Wildman–Crippen LogP) is 4.85. The maximum absolute atomic E-state index is 13.6. The van der Waals surface area contributed by atoms with Gasteiger partial charge in [-0.3, -0.25) is 4.79 Å². The molecule has 0 bridgehead atoms. The van der Waals surface area contributed by atoms with Crippen molar-refractivity contribution in [3.05, 3.63) is 70.0 Å². The average molecular weight is 397 g/mol. The van der Waals surface area contributed by atoms with Gasteiger partial charge in [-0.15, -0.1) is 0 Å². The molecule has 1 saturated heterocycles. The second kappa shape index (κ2) is 9.08. The summed E-state index contributed by atoms with van der Waals surface area (Å²) >= 11 is 0. The lowest BCUT2D eigenvalue weighted by molar-refractivity contribution is -0.134. The van der Waals surface area contributed by atoms with Crippen LogP contribution in [0.5, 0.6) is 0 Å². The fraction of sp³-hybridized carbons (Fsp3) is 0.480. The number of carbonyl (C=O) groups excluding carboxylic acids is 1. The molecule has 1 heterocycles. The molecule has 29 heavy (non-hydrogen) atoms. The van der Waals surface area contributed by atoms with Gasteiger partial charge >= 0.3 is 0 Å². The summed E-state index contributed by atoms with van der Waals surface area (Å²) in [6.45, 7) is 9.89. The number of amides is 1. The van der Waals surface area contributed by atoms with Crippen LogP contribution in [-0.2, 0) is 4.79 Å². The van der Waals surface area contributed by atoms with Crippen LogP contribution in [0.4, 0.5) is 4.39 Å². The molecule has 1 amide bonds. The van der Waals surface area contributed by atoms with Gasteiger partial charge in [0.1, 0.15) is 5.82 Å². The molecular formula is C25H33FN2O. The van der Waals surface area contributed by atoms with Crippen LogP contribution in [0.15, 0.2) is 36.4 Å². The summed E-state index contributed by atoms with van der Waals surface area (Å²) < 4.78 is 13.6. The Labute approximate surface area is 174 Å². The highest BCUT2D eigenvalue weighted by Crippen LogP contribution is 2.32. The molecular weight excluding hydrogens is 363 g/mol. The number of likely N-dealkylation sites (N-methyl/N-ethyl adjacent to an activating group) is 1. The van der Waals surface area contributed by atoms with E-state index in [0.29, 0.717) is 0 Å². The minimum Gasteiger partial charge on any atom is -0.342 e. The third-order valence-corrected chi connectivity index (χ3v) is 6.27. The van der Waals surface area contributed by atoms with Crippen LogP contribution in [-0.4, -0.2) is 37.0 Å². The van der Waals surface area contributed by atoms with Crippen molar-refractivity contribution in [3.63, 3.8) is 0 Å². The third-order valence-electron chi connectivity index (χ3n) is 6.27. The van der Waals surface area contributed by atoms with Crippen molar-refractivity contribution in [3.8, 4) is 0 Å². The molecule has 1 aliphatic rings. The lowest BCUT2D eigenvalue weighted by Crippen LogP contribution is -2.50. The number of nitrogens with one attached hydrogen (secondary N) is 1. The Morgan fingerprint density at radius 2 is 1.86 bits per heavy atom. The van der Waals surface area contributed by atoms with Gasteiger partial charge in [-0.2, -0.15) is 0 Å². The Kier molecular flexibility index (Phi) is 6.74. The van der Waals surface area contributed by atoms with E-state index < -0.39 is 0 Å². The van der Waals surface area contributed by atoms with Crippen LogP contribution in [0, 0.1) is 26.6 Å². The number of hydrogen-bond donors (Lipinski definition) is 1. The van der Waals surface area contributed by atoms with E-state index in [1.54, 1.807) is 6.07 Å². The molecule has 0 spiro atoms. The van der Waals surface area contributed by atoms with E-state index in [2.05, 4.69) is 44.3 Å². The number of rotatable bonds is 5. The molecule has 2 aromatic carbocycles. The molecule has 1 aliphatic heterocycles. The maximum Gasteiger partial charge on any atom is 0.230 e. The second-order valence-corrected chi connectivity index (χ2v) is 8.50. The summed E-state index contributed by atoms with van der Waals surface area (Å²) in [4.78, 5) is 15.5. The molecule has 3 rings (SSSR count). The Morgan fingerprint density at radius 3 is 2.48 bits per heavy atom. The molecule has 0 unspecified atom stereocenters. The largest absolute Gasteiger partial charge is 0.342 e. The zero-order chi connectivity index (χ0) is 21.1. The highest BCUT2D eigenvalue weighted by atomic mass is 19.1. The first-order valence-electron chi connectivity index (χ1n) is 10.6. The number of nitrogens with zero attached hydrogens (tertiary/aromatic N) is 1. The van der Waals surface area contributed by atoms with Crippen molar-refractivity contribution in [1.29, 1.82) is 0 Å². The van der Waals surface area contributed by atoms with Gasteiger partial charge in [-0.1, -0.05) is 42.3 Å². The van der Waals surface area contributed by atoms with Crippen molar-refractivity contribution in [1.82, 2.24) is 10.2 Å². The van der Waals surface area contributed by atoms with E-state index in [4.69, 9.17) is 0 Å². The zero-order valence-electron chi connectivity index (χ0n) is 18.3. The van der Waals surface area contributed by atoms with Crippen molar-refractivity contribution in [2.24, 2.45) is 0 Å². The Morgan fingerprint density at radius 1 is 1.17 bits per heavy atom. The van der Waals surface area contributed by atoms with Crippen LogP contribution in [0.2, 0.25) is 0 Å². The Hall–Kier alpha value is -2.20. The van der Waals surface area contributed by atoms with E-state index in [-0.39, 0.29) is 29.6 Å². The summed E-state index contributed by atoms with van der Waals surface area (Å²) in [5.74, 6) is -0.00969. The third kappa shape index (κ3) is 4.69. The lowest BCUT2D eigenvalue weighted by atomic mass is 9.83. The van der Waals surface area contributed by atoms with Crippen LogP contribution in [0.3, 0.4) is 0 Å². The number of piperidine rings is 1. The van der Waals surface area contributed by atoms with Crippen LogP contribution >= 0.6 is 0 Å². The highest BCUT2D eigenvalue weighted by molar-refractivity contribution is 5.84. The van der Waals surface area contributed by atoms with Gasteiger partial charge < -0.3 is 10.2 Å². The zero-order valence-corrected chi connectivity index (χ0v) is 18.3. The van der Waals surface area contributed by atoms with Gasteiger partial charge in [-0.25, -0.2) is 4.39 Å². The van der Waals surface area contributed by atoms with E-state index in [9.17, 15) is 9.18 Å². The summed E-state index contributed by atoms with van der Waals surface area (Å²) in [6, 6.07) is 11.5. The van der Waals surface area contributed by atoms with E-state index in [1.165, 1.54) is 17.2 Å². The van der Waals surface area contributed by atoms with Crippen molar-refractivity contribution in [2.75, 3.05) is 20.1 Å². The molecule has 0 saturated carbocycles. The summed E-state index contributed by atoms with van der Waals surface area (Å²) in [5, 5.41) is 3.46. The monoisotopic (exact) mass is 396 g/mol. The van der Waals surface area contributed by atoms with Gasteiger partial charge in [-0.05, 0) is 69.0 Å². The number of aryl methyl sites for hydroxylation is 3. The lowest BCUT2D eigenvalue weighted by Gasteiger charge is -2.40. The smallest absolute Gasteiger partial charge is 0.230 e. The van der Waals surface area contributed by atoms with E-state index in [0.717, 1.165) is 42.6 Å².